The van der Waals surface area contributed by atoms with Gasteiger partial charge in [0.05, 0.1) is 20.3 Å². The van der Waals surface area contributed by atoms with Crippen LogP contribution >= 0.6 is 0 Å². The van der Waals surface area contributed by atoms with Gasteiger partial charge in [0.1, 0.15) is 11.5 Å². The Morgan fingerprint density at radius 2 is 1.29 bits per heavy atom. The van der Waals surface area contributed by atoms with Crippen molar-refractivity contribution in [1.29, 1.82) is 0 Å². The summed E-state index contributed by atoms with van der Waals surface area (Å²) >= 11 is 0. The molecule has 0 aliphatic carbocycles. The van der Waals surface area contributed by atoms with Crippen LogP contribution in [0.4, 0.5) is 0 Å². The smallest absolute Gasteiger partial charge is 0.169 e. The molecule has 45 heavy (non-hydrogen) atoms. The second kappa shape index (κ2) is 13.2. The molecule has 2 atom stereocenters. The van der Waals surface area contributed by atoms with E-state index in [-0.39, 0.29) is 31.0 Å². The van der Waals surface area contributed by atoms with Crippen molar-refractivity contribution in [2.24, 2.45) is 0 Å². The number of aliphatic hydroxyl groups excluding tert-OH is 2. The molecule has 0 amide bonds. The van der Waals surface area contributed by atoms with Gasteiger partial charge in [0, 0.05) is 25.2 Å². The highest BCUT2D eigenvalue weighted by Crippen LogP contribution is 2.38. The van der Waals surface area contributed by atoms with Crippen LogP contribution < -0.4 is 9.47 Å². The first-order chi connectivity index (χ1) is 21.8. The lowest BCUT2D eigenvalue weighted by atomic mass is 9.86. The van der Waals surface area contributed by atoms with Crippen LogP contribution in [0.25, 0.3) is 0 Å². The van der Waals surface area contributed by atoms with E-state index in [2.05, 4.69) is 55.1 Å². The van der Waals surface area contributed by atoms with Crippen molar-refractivity contribution in [3.05, 3.63) is 117 Å². The van der Waals surface area contributed by atoms with Crippen molar-refractivity contribution in [3.8, 4) is 23.0 Å². The van der Waals surface area contributed by atoms with Crippen LogP contribution in [0.3, 0.4) is 0 Å². The van der Waals surface area contributed by atoms with Gasteiger partial charge in [-0.15, -0.1) is 0 Å². The summed E-state index contributed by atoms with van der Waals surface area (Å²) in [5.74, 6) is 2.13. The summed E-state index contributed by atoms with van der Waals surface area (Å²) in [4.78, 5) is 4.75. The maximum atomic E-state index is 10.7. The van der Waals surface area contributed by atoms with Crippen molar-refractivity contribution < 1.29 is 24.8 Å². The zero-order chi connectivity index (χ0) is 31.7. The fraction of sp³-hybridized carbons (Fsp3) is 0.368. The molecule has 0 bridgehead atoms. The summed E-state index contributed by atoms with van der Waals surface area (Å²) in [7, 11) is 6.04. The largest absolute Gasteiger partial charge is 0.504 e. The number of ether oxygens (including phenoxy) is 2. The van der Waals surface area contributed by atoms with Gasteiger partial charge in [0.15, 0.2) is 11.5 Å². The second-order valence-electron chi connectivity index (χ2n) is 12.6. The van der Waals surface area contributed by atoms with Crippen LogP contribution in [0.15, 0.2) is 66.7 Å². The van der Waals surface area contributed by atoms with Gasteiger partial charge in [-0.1, -0.05) is 36.4 Å². The molecule has 4 aromatic rings. The monoisotopic (exact) mass is 608 g/mol. The minimum atomic E-state index is -0.102. The third-order valence-electron chi connectivity index (χ3n) is 9.74. The van der Waals surface area contributed by atoms with E-state index in [1.165, 1.54) is 33.4 Å². The number of fused-ring (bicyclic) bond motifs is 2. The highest BCUT2D eigenvalue weighted by molar-refractivity contribution is 5.48. The summed E-state index contributed by atoms with van der Waals surface area (Å²) in [5, 5.41) is 30.4. The van der Waals surface area contributed by atoms with E-state index < -0.39 is 0 Å². The number of aromatic hydroxyl groups is 1. The first-order valence-corrected chi connectivity index (χ1v) is 15.8. The Morgan fingerprint density at radius 1 is 0.711 bits per heavy atom. The number of likely N-dealkylation sites (N-methyl/N-ethyl adjacent to an activating group) is 2. The molecule has 0 unspecified atom stereocenters. The fourth-order valence-electron chi connectivity index (χ4n) is 7.04. The molecule has 0 saturated heterocycles. The summed E-state index contributed by atoms with van der Waals surface area (Å²) in [6.07, 6.45) is 3.55. The molecule has 7 heteroatoms. The summed E-state index contributed by atoms with van der Waals surface area (Å²) in [6.45, 7) is 3.85. The normalized spacial score (nSPS) is 18.4. The summed E-state index contributed by atoms with van der Waals surface area (Å²) in [6, 6.07) is 22.7. The van der Waals surface area contributed by atoms with Gasteiger partial charge in [0.2, 0.25) is 0 Å². The van der Waals surface area contributed by atoms with Crippen LogP contribution in [0.1, 0.15) is 62.2 Å². The van der Waals surface area contributed by atoms with Gasteiger partial charge in [-0.05, 0) is 127 Å². The van der Waals surface area contributed by atoms with Gasteiger partial charge < -0.3 is 24.8 Å². The van der Waals surface area contributed by atoms with Crippen LogP contribution in [0, 0.1) is 6.92 Å². The minimum absolute atomic E-state index is 0.0795. The lowest BCUT2D eigenvalue weighted by Gasteiger charge is -2.35. The van der Waals surface area contributed by atoms with E-state index in [4.69, 9.17) is 9.47 Å². The molecule has 0 radical (unpaired) electrons. The van der Waals surface area contributed by atoms with Crippen LogP contribution in [-0.4, -0.2) is 59.4 Å². The van der Waals surface area contributed by atoms with E-state index >= 15 is 0 Å². The number of rotatable bonds is 9. The standard InChI is InChI=1S/C38H44N2O5/c1-24-15-27-11-13-39(2)34(33(27)21-37(24)44-4)16-25-5-8-31(9-6-25)45-38-18-26(7-10-36(38)43)17-35-32-20-30(23-42)29(22-41)19-28(32)12-14-40(35)3/h5-10,15,18-21,34-35,41-43H,11-14,16-17,22-23H2,1-4H3/t34-,35-/m1/s1. The molecule has 3 N–H and O–H groups in total. The van der Waals surface area contributed by atoms with E-state index in [9.17, 15) is 15.3 Å². The second-order valence-corrected chi connectivity index (χ2v) is 12.6. The molecule has 4 aromatic carbocycles. The number of hydrogen-bond donors (Lipinski definition) is 3. The minimum Gasteiger partial charge on any atom is -0.504 e. The van der Waals surface area contributed by atoms with Crippen LogP contribution in [0.5, 0.6) is 23.0 Å². The molecule has 0 aromatic heterocycles. The molecule has 2 aliphatic heterocycles. The highest BCUT2D eigenvalue weighted by atomic mass is 16.5. The Morgan fingerprint density at radius 3 is 1.93 bits per heavy atom. The van der Waals surface area contributed by atoms with Crippen molar-refractivity contribution in [2.45, 2.75) is 57.9 Å². The molecule has 236 valence electrons. The van der Waals surface area contributed by atoms with E-state index in [1.807, 2.05) is 36.4 Å². The van der Waals surface area contributed by atoms with Gasteiger partial charge in [-0.2, -0.15) is 0 Å². The molecule has 0 fully saturated rings. The lowest BCUT2D eigenvalue weighted by molar-refractivity contribution is 0.226. The topological polar surface area (TPSA) is 85.6 Å². The number of benzene rings is 4. The van der Waals surface area contributed by atoms with Crippen molar-refractivity contribution >= 4 is 0 Å². The third kappa shape index (κ3) is 6.44. The lowest BCUT2D eigenvalue weighted by Crippen LogP contribution is -2.33. The average molecular weight is 609 g/mol. The molecule has 7 nitrogen and oxygen atoms in total. The quantitative estimate of drug-likeness (QED) is 0.214. The molecular weight excluding hydrogens is 564 g/mol. The summed E-state index contributed by atoms with van der Waals surface area (Å²) in [5.41, 5.74) is 10.1. The molecule has 0 saturated carbocycles. The number of methoxy groups -OCH3 is 1. The van der Waals surface area contributed by atoms with E-state index in [1.54, 1.807) is 13.2 Å². The Labute approximate surface area is 266 Å². The molecule has 2 aliphatic rings. The number of phenols is 1. The van der Waals surface area contributed by atoms with Crippen molar-refractivity contribution in [1.82, 2.24) is 9.80 Å². The number of aliphatic hydroxyl groups is 2. The van der Waals surface area contributed by atoms with E-state index in [0.29, 0.717) is 11.5 Å². The predicted molar refractivity (Wildman–Crippen MR) is 176 cm³/mol. The first-order valence-electron chi connectivity index (χ1n) is 15.8. The highest BCUT2D eigenvalue weighted by Gasteiger charge is 2.28. The zero-order valence-corrected chi connectivity index (χ0v) is 26.7. The number of nitrogens with zero attached hydrogens (tertiary/aromatic N) is 2. The van der Waals surface area contributed by atoms with Crippen molar-refractivity contribution in [2.75, 3.05) is 34.3 Å². The van der Waals surface area contributed by atoms with Crippen molar-refractivity contribution in [3.63, 3.8) is 0 Å². The Balaban J connectivity index is 1.18. The Hall–Kier alpha value is -3.88. The van der Waals surface area contributed by atoms with Crippen LogP contribution in [0.2, 0.25) is 0 Å². The van der Waals surface area contributed by atoms with Gasteiger partial charge in [0.25, 0.3) is 0 Å². The SMILES string of the molecule is COc1cc2c(cc1C)CCN(C)[C@@H]2Cc1ccc(Oc2cc(C[C@@H]3c4cc(CO)c(CO)cc4CCN3C)ccc2O)cc1. The maximum Gasteiger partial charge on any atom is 0.169 e. The van der Waals surface area contributed by atoms with E-state index in [0.717, 1.165) is 61.2 Å². The molecule has 6 rings (SSSR count). The van der Waals surface area contributed by atoms with Gasteiger partial charge >= 0.3 is 0 Å². The van der Waals surface area contributed by atoms with Crippen LogP contribution in [-0.2, 0) is 38.9 Å². The molecular formula is C38H44N2O5. The van der Waals surface area contributed by atoms with Gasteiger partial charge in [-0.25, -0.2) is 0 Å². The third-order valence-corrected chi connectivity index (χ3v) is 9.74. The fourth-order valence-corrected chi connectivity index (χ4v) is 7.04. The predicted octanol–water partition coefficient (Wildman–Crippen LogP) is 6.03. The van der Waals surface area contributed by atoms with Gasteiger partial charge in [-0.3, -0.25) is 9.80 Å². The Kier molecular flexibility index (Phi) is 9.15. The Bertz CT molecular complexity index is 1670. The zero-order valence-electron chi connectivity index (χ0n) is 26.7. The summed E-state index contributed by atoms with van der Waals surface area (Å²) < 4.78 is 11.9. The molecule has 2 heterocycles. The average Bonchev–Trinajstić information content (AvgIpc) is 3.05. The number of phenolic OH excluding ortho intramolecular Hbond substituents is 1. The molecule has 0 spiro atoms. The first kappa shape index (κ1) is 31.1. The number of aryl methyl sites for hydroxylation is 1. The number of hydrogen-bond acceptors (Lipinski definition) is 7. The maximum absolute atomic E-state index is 10.7.